The quantitative estimate of drug-likeness (QED) is 0.316. The summed E-state index contributed by atoms with van der Waals surface area (Å²) < 4.78 is 5.82. The van der Waals surface area contributed by atoms with Crippen LogP contribution >= 0.6 is 15.9 Å². The summed E-state index contributed by atoms with van der Waals surface area (Å²) in [6, 6.07) is 6.69. The number of hydrogen-bond donors (Lipinski definition) is 0. The Kier molecular flexibility index (Phi) is 4.26. The minimum Gasteiger partial charge on any atom is -0.456 e. The number of hydrogen-bond acceptors (Lipinski definition) is 5. The van der Waals surface area contributed by atoms with Crippen LogP contribution in [-0.4, -0.2) is 41.6 Å². The molecule has 0 N–H and O–H groups in total. The first-order valence-corrected chi connectivity index (χ1v) is 9.23. The average Bonchev–Trinajstić information content (AvgIpc) is 3.30. The van der Waals surface area contributed by atoms with Gasteiger partial charge in [0, 0.05) is 10.0 Å². The van der Waals surface area contributed by atoms with Crippen molar-refractivity contribution in [3.05, 3.63) is 46.5 Å². The van der Waals surface area contributed by atoms with Gasteiger partial charge in [0.25, 0.3) is 0 Å². The van der Waals surface area contributed by atoms with Crippen molar-refractivity contribution in [2.24, 2.45) is 23.7 Å². The van der Waals surface area contributed by atoms with Gasteiger partial charge in [-0.2, -0.15) is 0 Å². The van der Waals surface area contributed by atoms with Crippen LogP contribution in [0.25, 0.3) is 0 Å². The number of carbonyl (C=O) groups excluding carboxylic acids is 4. The second-order valence-electron chi connectivity index (χ2n) is 6.85. The Balaban J connectivity index is 1.34. The summed E-state index contributed by atoms with van der Waals surface area (Å²) in [6.07, 6.45) is 4.83. The highest BCUT2D eigenvalue weighted by atomic mass is 79.9. The topological polar surface area (TPSA) is 80.8 Å². The molecule has 1 aromatic carbocycles. The summed E-state index contributed by atoms with van der Waals surface area (Å²) in [5, 5.41) is 0. The molecule has 7 heteroatoms. The lowest BCUT2D eigenvalue weighted by molar-refractivity contribution is -0.152. The predicted molar refractivity (Wildman–Crippen MR) is 93.9 cm³/mol. The third-order valence-corrected chi connectivity index (χ3v) is 5.91. The number of benzene rings is 1. The maximum absolute atomic E-state index is 12.5. The molecule has 26 heavy (non-hydrogen) atoms. The highest BCUT2D eigenvalue weighted by molar-refractivity contribution is 9.10. The molecule has 0 aromatic heterocycles. The van der Waals surface area contributed by atoms with Gasteiger partial charge in [-0.3, -0.25) is 24.1 Å². The maximum atomic E-state index is 12.5. The molecule has 134 valence electrons. The van der Waals surface area contributed by atoms with E-state index >= 15 is 0 Å². The maximum Gasteiger partial charge on any atom is 0.326 e. The zero-order chi connectivity index (χ0) is 18.4. The van der Waals surface area contributed by atoms with Crippen molar-refractivity contribution in [1.82, 2.24) is 4.90 Å². The molecule has 3 aliphatic rings. The smallest absolute Gasteiger partial charge is 0.326 e. The van der Waals surface area contributed by atoms with Gasteiger partial charge in [-0.15, -0.1) is 0 Å². The molecular weight excluding hydrogens is 402 g/mol. The molecule has 2 aliphatic carbocycles. The number of imide groups is 1. The van der Waals surface area contributed by atoms with Gasteiger partial charge in [0.2, 0.25) is 11.8 Å². The number of halogens is 1. The predicted octanol–water partition coefficient (Wildman–Crippen LogP) is 1.98. The van der Waals surface area contributed by atoms with E-state index in [1.54, 1.807) is 24.3 Å². The van der Waals surface area contributed by atoms with Gasteiger partial charge < -0.3 is 4.74 Å². The van der Waals surface area contributed by atoms with E-state index in [4.69, 9.17) is 4.74 Å². The van der Waals surface area contributed by atoms with E-state index < -0.39 is 19.1 Å². The van der Waals surface area contributed by atoms with Gasteiger partial charge in [0.1, 0.15) is 6.54 Å². The van der Waals surface area contributed by atoms with E-state index in [0.717, 1.165) is 15.8 Å². The van der Waals surface area contributed by atoms with Gasteiger partial charge >= 0.3 is 5.97 Å². The minimum atomic E-state index is -0.752. The molecule has 4 rings (SSSR count). The van der Waals surface area contributed by atoms with Crippen LogP contribution in [0.15, 0.2) is 40.9 Å². The minimum absolute atomic E-state index is 0.0986. The number of carbonyl (C=O) groups is 4. The number of esters is 1. The van der Waals surface area contributed by atoms with Crippen molar-refractivity contribution in [3.63, 3.8) is 0 Å². The number of fused-ring (bicyclic) bond motifs is 5. The lowest BCUT2D eigenvalue weighted by Crippen LogP contribution is -2.38. The van der Waals surface area contributed by atoms with Crippen molar-refractivity contribution >= 4 is 39.5 Å². The molecular formula is C19H16BrNO5. The Morgan fingerprint density at radius 2 is 1.62 bits per heavy atom. The second-order valence-corrected chi connectivity index (χ2v) is 7.77. The highest BCUT2D eigenvalue weighted by Gasteiger charge is 2.59. The van der Waals surface area contributed by atoms with Crippen LogP contribution in [0.3, 0.4) is 0 Å². The summed E-state index contributed by atoms with van der Waals surface area (Å²) in [7, 11) is 0. The Morgan fingerprint density at radius 3 is 2.19 bits per heavy atom. The van der Waals surface area contributed by atoms with Gasteiger partial charge in [0.05, 0.1) is 11.8 Å². The lowest BCUT2D eigenvalue weighted by Gasteiger charge is -2.16. The average molecular weight is 418 g/mol. The summed E-state index contributed by atoms with van der Waals surface area (Å²) in [5.41, 5.74) is 0.423. The van der Waals surface area contributed by atoms with Crippen LogP contribution in [-0.2, 0) is 19.1 Å². The Bertz CT molecular complexity index is 801. The van der Waals surface area contributed by atoms with E-state index in [2.05, 4.69) is 15.9 Å². The van der Waals surface area contributed by atoms with E-state index in [9.17, 15) is 19.2 Å². The van der Waals surface area contributed by atoms with E-state index in [1.165, 1.54) is 0 Å². The van der Waals surface area contributed by atoms with Crippen LogP contribution < -0.4 is 0 Å². The summed E-state index contributed by atoms with van der Waals surface area (Å²) >= 11 is 3.28. The van der Waals surface area contributed by atoms with Crippen LogP contribution in [0.1, 0.15) is 16.8 Å². The monoisotopic (exact) mass is 417 g/mol. The van der Waals surface area contributed by atoms with Gasteiger partial charge in [-0.05, 0) is 30.4 Å². The highest BCUT2D eigenvalue weighted by Crippen LogP contribution is 2.52. The first-order chi connectivity index (χ1) is 12.5. The van der Waals surface area contributed by atoms with Crippen molar-refractivity contribution in [2.75, 3.05) is 13.2 Å². The summed E-state index contributed by atoms with van der Waals surface area (Å²) in [4.78, 5) is 50.1. The molecule has 1 aromatic rings. The normalized spacial score (nSPS) is 28.6. The van der Waals surface area contributed by atoms with Crippen LogP contribution in [0.5, 0.6) is 0 Å². The van der Waals surface area contributed by atoms with Gasteiger partial charge in [-0.1, -0.05) is 40.2 Å². The SMILES string of the molecule is O=C(CN1C(=O)[C@@H]2[C@@H](C1=O)[C@H]1C=C[C@H]2C1)OCC(=O)c1ccc(Br)cc1. The number of amides is 2. The Labute approximate surface area is 158 Å². The summed E-state index contributed by atoms with van der Waals surface area (Å²) in [6.45, 7) is -0.853. The van der Waals surface area contributed by atoms with Gasteiger partial charge in [0.15, 0.2) is 12.4 Å². The van der Waals surface area contributed by atoms with Crippen molar-refractivity contribution in [3.8, 4) is 0 Å². The zero-order valence-corrected chi connectivity index (χ0v) is 15.3. The lowest BCUT2D eigenvalue weighted by atomic mass is 9.85. The van der Waals surface area contributed by atoms with Crippen molar-refractivity contribution in [2.45, 2.75) is 6.42 Å². The molecule has 6 nitrogen and oxygen atoms in total. The van der Waals surface area contributed by atoms with Gasteiger partial charge in [-0.25, -0.2) is 0 Å². The molecule has 1 saturated carbocycles. The molecule has 0 radical (unpaired) electrons. The van der Waals surface area contributed by atoms with E-state index in [-0.39, 0.29) is 41.3 Å². The van der Waals surface area contributed by atoms with Crippen LogP contribution in [0.4, 0.5) is 0 Å². The molecule has 2 amide bonds. The molecule has 4 atom stereocenters. The van der Waals surface area contributed by atoms with E-state index in [0.29, 0.717) is 5.56 Å². The largest absolute Gasteiger partial charge is 0.456 e. The second kappa shape index (κ2) is 6.46. The molecule has 1 saturated heterocycles. The van der Waals surface area contributed by atoms with Crippen molar-refractivity contribution in [1.29, 1.82) is 0 Å². The first kappa shape index (κ1) is 17.1. The molecule has 1 aliphatic heterocycles. The third kappa shape index (κ3) is 2.80. The van der Waals surface area contributed by atoms with E-state index in [1.807, 2.05) is 12.2 Å². The fourth-order valence-corrected chi connectivity index (χ4v) is 4.42. The Hall–Kier alpha value is -2.28. The first-order valence-electron chi connectivity index (χ1n) is 8.43. The molecule has 2 bridgehead atoms. The standard InChI is InChI=1S/C19H16BrNO5/c20-13-5-3-10(4-6-13)14(22)9-26-15(23)8-21-18(24)16-11-1-2-12(7-11)17(16)19(21)25/h1-6,11-12,16-17H,7-9H2/t11-,12-,16-,17-/m0/s1. The number of rotatable bonds is 5. The number of ether oxygens (including phenoxy) is 1. The number of likely N-dealkylation sites (tertiary alicyclic amines) is 1. The van der Waals surface area contributed by atoms with Crippen LogP contribution in [0.2, 0.25) is 0 Å². The number of nitrogens with zero attached hydrogens (tertiary/aromatic N) is 1. The summed E-state index contributed by atoms with van der Waals surface area (Å²) in [5.74, 6) is -2.17. The number of ketones is 1. The molecule has 1 heterocycles. The molecule has 0 unspecified atom stereocenters. The molecule has 2 fully saturated rings. The Morgan fingerprint density at radius 1 is 1.04 bits per heavy atom. The number of allylic oxidation sites excluding steroid dienone is 2. The number of Topliss-reactive ketones (excluding diaryl/α,β-unsaturated/α-hetero) is 1. The molecule has 0 spiro atoms. The zero-order valence-electron chi connectivity index (χ0n) is 13.8. The van der Waals surface area contributed by atoms with Crippen LogP contribution in [0, 0.1) is 23.7 Å². The fraction of sp³-hybridized carbons (Fsp3) is 0.368. The van der Waals surface area contributed by atoms with Crippen molar-refractivity contribution < 1.29 is 23.9 Å². The third-order valence-electron chi connectivity index (χ3n) is 5.38. The fourth-order valence-electron chi connectivity index (χ4n) is 4.16.